The van der Waals surface area contributed by atoms with Crippen LogP contribution in [0, 0.1) is 0 Å². The molecule has 0 bridgehead atoms. The average Bonchev–Trinajstić information content (AvgIpc) is 2.39. The number of benzene rings is 1. The predicted octanol–water partition coefficient (Wildman–Crippen LogP) is 2.85. The van der Waals surface area contributed by atoms with Gasteiger partial charge in [-0.15, -0.1) is 24.8 Å². The Labute approximate surface area is 125 Å². The van der Waals surface area contributed by atoms with Gasteiger partial charge in [0, 0.05) is 17.8 Å². The van der Waals surface area contributed by atoms with Gasteiger partial charge < -0.3 is 10.5 Å². The highest BCUT2D eigenvalue weighted by Crippen LogP contribution is 2.28. The number of rotatable bonds is 1. The van der Waals surface area contributed by atoms with Crippen molar-refractivity contribution in [1.29, 1.82) is 0 Å². The number of ether oxygens (including phenoxy) is 1. The molecule has 2 N–H and O–H groups in total. The summed E-state index contributed by atoms with van der Waals surface area (Å²) in [5, 5.41) is 0. The van der Waals surface area contributed by atoms with Gasteiger partial charge >= 0.3 is 0 Å². The standard InChI is InChI=1S/C14H14N2O.2ClH/c15-12-8-11-7-10(4-5-14(11)17-9-12)13-3-1-2-6-16-13;;/h1-7,12H,8-9,15H2;2*1H. The molecule has 3 nitrogen and oxygen atoms in total. The lowest BCUT2D eigenvalue weighted by atomic mass is 9.99. The van der Waals surface area contributed by atoms with Crippen LogP contribution in [0.3, 0.4) is 0 Å². The van der Waals surface area contributed by atoms with Gasteiger partial charge in [0.05, 0.1) is 5.69 Å². The van der Waals surface area contributed by atoms with Crippen molar-refractivity contribution in [2.45, 2.75) is 12.5 Å². The Morgan fingerprint density at radius 2 is 2.00 bits per heavy atom. The number of halogens is 2. The Morgan fingerprint density at radius 3 is 2.74 bits per heavy atom. The molecule has 1 atom stereocenters. The lowest BCUT2D eigenvalue weighted by molar-refractivity contribution is 0.263. The van der Waals surface area contributed by atoms with Gasteiger partial charge in [-0.25, -0.2) is 0 Å². The molecule has 1 aliphatic rings. The largest absolute Gasteiger partial charge is 0.492 e. The molecule has 102 valence electrons. The molecule has 0 radical (unpaired) electrons. The van der Waals surface area contributed by atoms with Crippen LogP contribution >= 0.6 is 24.8 Å². The van der Waals surface area contributed by atoms with E-state index < -0.39 is 0 Å². The first-order chi connectivity index (χ1) is 8.33. The highest BCUT2D eigenvalue weighted by atomic mass is 35.5. The van der Waals surface area contributed by atoms with Crippen molar-refractivity contribution < 1.29 is 4.74 Å². The number of hydrogen-bond acceptors (Lipinski definition) is 3. The Kier molecular flexibility index (Phi) is 5.60. The summed E-state index contributed by atoms with van der Waals surface area (Å²) < 4.78 is 5.58. The lowest BCUT2D eigenvalue weighted by Gasteiger charge is -2.22. The molecular formula is C14H16Cl2N2O. The van der Waals surface area contributed by atoms with Gasteiger partial charge in [-0.2, -0.15) is 0 Å². The van der Waals surface area contributed by atoms with Gasteiger partial charge in [0.2, 0.25) is 0 Å². The van der Waals surface area contributed by atoms with Gasteiger partial charge in [-0.05, 0) is 42.3 Å². The van der Waals surface area contributed by atoms with Crippen molar-refractivity contribution in [2.75, 3.05) is 6.61 Å². The van der Waals surface area contributed by atoms with E-state index in [2.05, 4.69) is 11.1 Å². The molecule has 3 rings (SSSR count). The molecule has 1 aliphatic heterocycles. The second-order valence-electron chi connectivity index (χ2n) is 4.31. The third-order valence-corrected chi connectivity index (χ3v) is 2.96. The number of nitrogens with zero attached hydrogens (tertiary/aromatic N) is 1. The maximum atomic E-state index is 5.90. The molecule has 1 aromatic heterocycles. The van der Waals surface area contributed by atoms with Gasteiger partial charge in [0.15, 0.2) is 0 Å². The molecule has 5 heteroatoms. The molecule has 0 amide bonds. The third-order valence-electron chi connectivity index (χ3n) is 2.96. The molecule has 0 spiro atoms. The fraction of sp³-hybridized carbons (Fsp3) is 0.214. The zero-order valence-electron chi connectivity index (χ0n) is 10.3. The smallest absolute Gasteiger partial charge is 0.122 e. The molecule has 0 fully saturated rings. The number of hydrogen-bond donors (Lipinski definition) is 1. The van der Waals surface area contributed by atoms with Gasteiger partial charge in [0.1, 0.15) is 12.4 Å². The van der Waals surface area contributed by atoms with Crippen molar-refractivity contribution in [3.8, 4) is 17.0 Å². The van der Waals surface area contributed by atoms with Crippen LogP contribution in [-0.4, -0.2) is 17.6 Å². The summed E-state index contributed by atoms with van der Waals surface area (Å²) in [4.78, 5) is 4.34. The van der Waals surface area contributed by atoms with E-state index in [1.165, 1.54) is 5.56 Å². The number of fused-ring (bicyclic) bond motifs is 1. The maximum Gasteiger partial charge on any atom is 0.122 e. The van der Waals surface area contributed by atoms with Gasteiger partial charge in [-0.3, -0.25) is 4.98 Å². The van der Waals surface area contributed by atoms with Crippen molar-refractivity contribution in [3.63, 3.8) is 0 Å². The molecule has 0 saturated heterocycles. The monoisotopic (exact) mass is 298 g/mol. The highest BCUT2D eigenvalue weighted by Gasteiger charge is 2.17. The molecule has 1 aromatic carbocycles. The van der Waals surface area contributed by atoms with E-state index in [1.54, 1.807) is 6.20 Å². The van der Waals surface area contributed by atoms with Crippen LogP contribution in [-0.2, 0) is 6.42 Å². The van der Waals surface area contributed by atoms with E-state index in [9.17, 15) is 0 Å². The minimum absolute atomic E-state index is 0. The highest BCUT2D eigenvalue weighted by molar-refractivity contribution is 5.85. The minimum atomic E-state index is 0. The number of pyridine rings is 1. The van der Waals surface area contributed by atoms with Crippen molar-refractivity contribution in [2.24, 2.45) is 5.73 Å². The van der Waals surface area contributed by atoms with E-state index in [-0.39, 0.29) is 30.9 Å². The Balaban J connectivity index is 0.000000902. The molecule has 2 heterocycles. The van der Waals surface area contributed by atoms with Crippen LogP contribution in [0.4, 0.5) is 0 Å². The molecule has 1 unspecified atom stereocenters. The summed E-state index contributed by atoms with van der Waals surface area (Å²) in [5.41, 5.74) is 9.16. The summed E-state index contributed by atoms with van der Waals surface area (Å²) in [6.45, 7) is 0.607. The quantitative estimate of drug-likeness (QED) is 0.881. The van der Waals surface area contributed by atoms with Crippen LogP contribution in [0.1, 0.15) is 5.56 Å². The second-order valence-corrected chi connectivity index (χ2v) is 4.31. The summed E-state index contributed by atoms with van der Waals surface area (Å²) >= 11 is 0. The van der Waals surface area contributed by atoms with Crippen LogP contribution in [0.25, 0.3) is 11.3 Å². The first-order valence-electron chi connectivity index (χ1n) is 5.75. The summed E-state index contributed by atoms with van der Waals surface area (Å²) in [5.74, 6) is 0.950. The van der Waals surface area contributed by atoms with Gasteiger partial charge in [0.25, 0.3) is 0 Å². The van der Waals surface area contributed by atoms with Crippen molar-refractivity contribution in [3.05, 3.63) is 48.2 Å². The Morgan fingerprint density at radius 1 is 1.16 bits per heavy atom. The van der Waals surface area contributed by atoms with Crippen molar-refractivity contribution in [1.82, 2.24) is 4.98 Å². The first kappa shape index (κ1) is 15.8. The van der Waals surface area contributed by atoms with E-state index in [0.717, 1.165) is 23.4 Å². The van der Waals surface area contributed by atoms with E-state index >= 15 is 0 Å². The van der Waals surface area contributed by atoms with E-state index in [4.69, 9.17) is 10.5 Å². The predicted molar refractivity (Wildman–Crippen MR) is 81.3 cm³/mol. The number of nitrogens with two attached hydrogens (primary N) is 1. The van der Waals surface area contributed by atoms with Crippen LogP contribution in [0.15, 0.2) is 42.6 Å². The minimum Gasteiger partial charge on any atom is -0.492 e. The molecule has 2 aromatic rings. The van der Waals surface area contributed by atoms with Gasteiger partial charge in [-0.1, -0.05) is 6.07 Å². The fourth-order valence-electron chi connectivity index (χ4n) is 2.11. The van der Waals surface area contributed by atoms with Crippen molar-refractivity contribution >= 4 is 24.8 Å². The number of aromatic nitrogens is 1. The van der Waals surface area contributed by atoms with Crippen LogP contribution in [0.5, 0.6) is 5.75 Å². The second kappa shape index (κ2) is 6.75. The Hall–Kier alpha value is -1.29. The molecule has 0 aliphatic carbocycles. The summed E-state index contributed by atoms with van der Waals surface area (Å²) in [6.07, 6.45) is 2.67. The molecule has 0 saturated carbocycles. The van der Waals surface area contributed by atoms with Crippen LogP contribution in [0.2, 0.25) is 0 Å². The van der Waals surface area contributed by atoms with E-state index in [1.807, 2.05) is 30.3 Å². The zero-order chi connectivity index (χ0) is 11.7. The molecule has 19 heavy (non-hydrogen) atoms. The normalized spacial score (nSPS) is 16.4. The Bertz CT molecular complexity index is 534. The summed E-state index contributed by atoms with van der Waals surface area (Å²) in [7, 11) is 0. The zero-order valence-corrected chi connectivity index (χ0v) is 11.9. The average molecular weight is 299 g/mol. The van der Waals surface area contributed by atoms with Crippen LogP contribution < -0.4 is 10.5 Å². The summed E-state index contributed by atoms with van der Waals surface area (Å²) in [6, 6.07) is 12.2. The first-order valence-corrected chi connectivity index (χ1v) is 5.75. The van der Waals surface area contributed by atoms with E-state index in [0.29, 0.717) is 6.61 Å². The maximum absolute atomic E-state index is 5.90. The third kappa shape index (κ3) is 3.38. The lowest BCUT2D eigenvalue weighted by Crippen LogP contribution is -2.33. The molecular weight excluding hydrogens is 283 g/mol. The SMILES string of the molecule is Cl.Cl.NC1COc2ccc(-c3ccccn3)cc2C1. The topological polar surface area (TPSA) is 48.1 Å². The fourth-order valence-corrected chi connectivity index (χ4v) is 2.11.